The van der Waals surface area contributed by atoms with E-state index < -0.39 is 0 Å². The minimum Gasteiger partial charge on any atom is -0.444 e. The molecule has 22 heavy (non-hydrogen) atoms. The fraction of sp³-hybridized carbons (Fsp3) is 0.412. The summed E-state index contributed by atoms with van der Waals surface area (Å²) in [6.07, 6.45) is 1.57. The van der Waals surface area contributed by atoms with Crippen molar-refractivity contribution in [3.8, 4) is 11.5 Å². The van der Waals surface area contributed by atoms with Crippen molar-refractivity contribution >= 4 is 6.03 Å². The third-order valence-corrected chi connectivity index (χ3v) is 3.65. The van der Waals surface area contributed by atoms with Gasteiger partial charge in [0.25, 0.3) is 0 Å². The highest BCUT2D eigenvalue weighted by molar-refractivity contribution is 5.74. The van der Waals surface area contributed by atoms with Crippen LogP contribution in [-0.4, -0.2) is 17.1 Å². The molecule has 0 saturated carbocycles. The Morgan fingerprint density at radius 1 is 1.27 bits per heavy atom. The summed E-state index contributed by atoms with van der Waals surface area (Å²) in [5.41, 5.74) is 1.63. The number of urea groups is 1. The molecule has 0 radical (unpaired) electrons. The number of nitrogens with one attached hydrogen (secondary N) is 2. The molecule has 0 aliphatic heterocycles. The number of oxazole rings is 1. The average Bonchev–Trinajstić information content (AvgIpc) is 2.94. The SMILES string of the molecule is C[C@@H](NC(=O)NCc1coc(-c2ccccc2)n1)C(C)(C)C. The number of nitrogens with zero attached hydrogens (tertiary/aromatic N) is 1. The van der Waals surface area contributed by atoms with Crippen molar-refractivity contribution < 1.29 is 9.21 Å². The van der Waals surface area contributed by atoms with Crippen LogP contribution in [0.3, 0.4) is 0 Å². The molecule has 0 fully saturated rings. The maximum Gasteiger partial charge on any atom is 0.315 e. The van der Waals surface area contributed by atoms with Gasteiger partial charge < -0.3 is 15.1 Å². The zero-order chi connectivity index (χ0) is 16.2. The number of hydrogen-bond acceptors (Lipinski definition) is 3. The summed E-state index contributed by atoms with van der Waals surface area (Å²) in [6.45, 7) is 8.58. The van der Waals surface area contributed by atoms with E-state index in [4.69, 9.17) is 4.42 Å². The van der Waals surface area contributed by atoms with E-state index in [0.717, 1.165) is 5.56 Å². The van der Waals surface area contributed by atoms with Crippen LogP contribution < -0.4 is 10.6 Å². The van der Waals surface area contributed by atoms with Crippen molar-refractivity contribution in [2.75, 3.05) is 0 Å². The molecule has 118 valence electrons. The topological polar surface area (TPSA) is 67.2 Å². The van der Waals surface area contributed by atoms with Gasteiger partial charge in [-0.3, -0.25) is 0 Å². The Labute approximate surface area is 131 Å². The van der Waals surface area contributed by atoms with Gasteiger partial charge in [0.2, 0.25) is 5.89 Å². The van der Waals surface area contributed by atoms with Crippen LogP contribution in [0.15, 0.2) is 41.0 Å². The van der Waals surface area contributed by atoms with Crippen molar-refractivity contribution in [2.24, 2.45) is 5.41 Å². The van der Waals surface area contributed by atoms with Gasteiger partial charge in [-0.1, -0.05) is 39.0 Å². The lowest BCUT2D eigenvalue weighted by Crippen LogP contribution is -2.46. The summed E-state index contributed by atoms with van der Waals surface area (Å²) < 4.78 is 5.44. The summed E-state index contributed by atoms with van der Waals surface area (Å²) in [7, 11) is 0. The molecule has 1 aromatic carbocycles. The summed E-state index contributed by atoms with van der Waals surface area (Å²) in [4.78, 5) is 16.2. The first kappa shape index (κ1) is 16.1. The minimum absolute atomic E-state index is 0.0196. The second-order valence-electron chi connectivity index (χ2n) is 6.42. The molecule has 2 aromatic rings. The predicted octanol–water partition coefficient (Wildman–Crippen LogP) is 3.58. The Morgan fingerprint density at radius 3 is 2.59 bits per heavy atom. The summed E-state index contributed by atoms with van der Waals surface area (Å²) in [5.74, 6) is 0.556. The quantitative estimate of drug-likeness (QED) is 0.907. The van der Waals surface area contributed by atoms with Gasteiger partial charge in [0.1, 0.15) is 6.26 Å². The smallest absolute Gasteiger partial charge is 0.315 e. The maximum atomic E-state index is 11.9. The first-order chi connectivity index (χ1) is 10.4. The number of carbonyl (C=O) groups is 1. The molecule has 5 nitrogen and oxygen atoms in total. The van der Waals surface area contributed by atoms with E-state index in [1.807, 2.05) is 37.3 Å². The zero-order valence-corrected chi connectivity index (χ0v) is 13.5. The average molecular weight is 301 g/mol. The zero-order valence-electron chi connectivity index (χ0n) is 13.5. The Morgan fingerprint density at radius 2 is 1.95 bits per heavy atom. The standard InChI is InChI=1S/C17H23N3O2/c1-12(17(2,3)4)19-16(21)18-10-14-11-22-15(20-14)13-8-6-5-7-9-13/h5-9,11-12H,10H2,1-4H3,(H2,18,19,21)/t12-/m1/s1. The number of rotatable bonds is 4. The highest BCUT2D eigenvalue weighted by atomic mass is 16.3. The molecular weight excluding hydrogens is 278 g/mol. The lowest BCUT2D eigenvalue weighted by Gasteiger charge is -2.27. The third kappa shape index (κ3) is 4.35. The van der Waals surface area contributed by atoms with E-state index >= 15 is 0 Å². The van der Waals surface area contributed by atoms with Gasteiger partial charge >= 0.3 is 6.03 Å². The van der Waals surface area contributed by atoms with Gasteiger partial charge in [0.15, 0.2) is 0 Å². The highest BCUT2D eigenvalue weighted by Crippen LogP contribution is 2.19. The Balaban J connectivity index is 1.88. The normalized spacial score (nSPS) is 12.7. The molecule has 0 spiro atoms. The molecule has 0 saturated heterocycles. The largest absolute Gasteiger partial charge is 0.444 e. The van der Waals surface area contributed by atoms with Crippen LogP contribution in [0.4, 0.5) is 4.79 Å². The summed E-state index contributed by atoms with van der Waals surface area (Å²) in [6, 6.07) is 9.53. The van der Waals surface area contributed by atoms with Crippen molar-refractivity contribution in [2.45, 2.75) is 40.3 Å². The lowest BCUT2D eigenvalue weighted by atomic mass is 9.88. The van der Waals surface area contributed by atoms with Crippen molar-refractivity contribution in [1.82, 2.24) is 15.6 Å². The van der Waals surface area contributed by atoms with Crippen LogP contribution in [0.5, 0.6) is 0 Å². The highest BCUT2D eigenvalue weighted by Gasteiger charge is 2.21. The fourth-order valence-corrected chi connectivity index (χ4v) is 1.74. The molecule has 5 heteroatoms. The number of benzene rings is 1. The number of aromatic nitrogens is 1. The van der Waals surface area contributed by atoms with Gasteiger partial charge in [0, 0.05) is 11.6 Å². The molecule has 0 bridgehead atoms. The molecule has 1 aromatic heterocycles. The van der Waals surface area contributed by atoms with E-state index in [1.54, 1.807) is 6.26 Å². The Kier molecular flexibility index (Phi) is 4.85. The van der Waals surface area contributed by atoms with Gasteiger partial charge in [-0.25, -0.2) is 9.78 Å². The van der Waals surface area contributed by atoms with Crippen molar-refractivity contribution in [1.29, 1.82) is 0 Å². The Bertz CT molecular complexity index is 614. The lowest BCUT2D eigenvalue weighted by molar-refractivity contribution is 0.222. The second-order valence-corrected chi connectivity index (χ2v) is 6.42. The van der Waals surface area contributed by atoms with Crippen LogP contribution in [0.1, 0.15) is 33.4 Å². The number of amides is 2. The molecule has 2 rings (SSSR count). The van der Waals surface area contributed by atoms with Crippen LogP contribution in [0.25, 0.3) is 11.5 Å². The van der Waals surface area contributed by atoms with E-state index in [2.05, 4.69) is 36.4 Å². The molecule has 0 aliphatic carbocycles. The molecule has 2 N–H and O–H groups in total. The van der Waals surface area contributed by atoms with E-state index in [1.165, 1.54) is 0 Å². The molecule has 2 amide bonds. The van der Waals surface area contributed by atoms with Gasteiger partial charge in [-0.05, 0) is 24.5 Å². The predicted molar refractivity (Wildman–Crippen MR) is 86.2 cm³/mol. The number of hydrogen-bond donors (Lipinski definition) is 2. The minimum atomic E-state index is -0.202. The summed E-state index contributed by atoms with van der Waals surface area (Å²) >= 11 is 0. The van der Waals surface area contributed by atoms with Crippen LogP contribution in [0.2, 0.25) is 0 Å². The van der Waals surface area contributed by atoms with Crippen molar-refractivity contribution in [3.05, 3.63) is 42.3 Å². The monoisotopic (exact) mass is 301 g/mol. The van der Waals surface area contributed by atoms with Crippen molar-refractivity contribution in [3.63, 3.8) is 0 Å². The molecular formula is C17H23N3O2. The van der Waals surface area contributed by atoms with Crippen LogP contribution in [0, 0.1) is 5.41 Å². The van der Waals surface area contributed by atoms with E-state index in [0.29, 0.717) is 18.1 Å². The molecule has 1 heterocycles. The second kappa shape index (κ2) is 6.64. The van der Waals surface area contributed by atoms with Crippen LogP contribution >= 0.6 is 0 Å². The van der Waals surface area contributed by atoms with Gasteiger partial charge in [-0.2, -0.15) is 0 Å². The first-order valence-corrected chi connectivity index (χ1v) is 7.40. The van der Waals surface area contributed by atoms with Gasteiger partial charge in [-0.15, -0.1) is 0 Å². The third-order valence-electron chi connectivity index (χ3n) is 3.65. The molecule has 0 unspecified atom stereocenters. The fourth-order valence-electron chi connectivity index (χ4n) is 1.74. The summed E-state index contributed by atoms with van der Waals surface area (Å²) in [5, 5.41) is 5.71. The van der Waals surface area contributed by atoms with Crippen LogP contribution in [-0.2, 0) is 6.54 Å². The van der Waals surface area contributed by atoms with E-state index in [9.17, 15) is 4.79 Å². The van der Waals surface area contributed by atoms with E-state index in [-0.39, 0.29) is 17.5 Å². The number of carbonyl (C=O) groups excluding carboxylic acids is 1. The first-order valence-electron chi connectivity index (χ1n) is 7.40. The Hall–Kier alpha value is -2.30. The molecule has 0 aliphatic rings. The maximum absolute atomic E-state index is 11.9. The molecule has 1 atom stereocenters. The van der Waals surface area contributed by atoms with Gasteiger partial charge in [0.05, 0.1) is 12.2 Å².